The van der Waals surface area contributed by atoms with Crippen LogP contribution in [0.25, 0.3) is 11.3 Å². The molecule has 0 spiro atoms. The Morgan fingerprint density at radius 1 is 1.22 bits per heavy atom. The van der Waals surface area contributed by atoms with Crippen molar-refractivity contribution in [3.63, 3.8) is 0 Å². The second-order valence-electron chi connectivity index (χ2n) is 5.27. The summed E-state index contributed by atoms with van der Waals surface area (Å²) in [6.45, 7) is 8.81. The third-order valence-corrected chi connectivity index (χ3v) is 3.69. The highest BCUT2D eigenvalue weighted by Gasteiger charge is 2.11. The highest BCUT2D eigenvalue weighted by atomic mass is 32.1. The zero-order chi connectivity index (χ0) is 13.3. The van der Waals surface area contributed by atoms with Crippen molar-refractivity contribution < 1.29 is 0 Å². The molecular weight excluding hydrogens is 240 g/mol. The number of thiazole rings is 1. The maximum absolute atomic E-state index is 5.72. The van der Waals surface area contributed by atoms with E-state index in [2.05, 4.69) is 44.8 Å². The summed E-state index contributed by atoms with van der Waals surface area (Å²) < 4.78 is 0. The summed E-state index contributed by atoms with van der Waals surface area (Å²) in [7, 11) is 0. The molecule has 1 heterocycles. The van der Waals surface area contributed by atoms with Crippen LogP contribution in [-0.2, 0) is 6.42 Å². The summed E-state index contributed by atoms with van der Waals surface area (Å²) in [4.78, 5) is 4.39. The molecule has 0 radical (unpaired) electrons. The first-order valence-electron chi connectivity index (χ1n) is 6.29. The van der Waals surface area contributed by atoms with Gasteiger partial charge in [0.05, 0.1) is 5.69 Å². The van der Waals surface area contributed by atoms with Crippen molar-refractivity contribution in [1.82, 2.24) is 4.98 Å². The van der Waals surface area contributed by atoms with E-state index in [9.17, 15) is 0 Å². The minimum Gasteiger partial charge on any atom is -0.375 e. The zero-order valence-electron chi connectivity index (χ0n) is 11.4. The topological polar surface area (TPSA) is 38.9 Å². The molecule has 2 rings (SSSR count). The average Bonchev–Trinajstić information content (AvgIpc) is 2.62. The molecule has 18 heavy (non-hydrogen) atoms. The van der Waals surface area contributed by atoms with Gasteiger partial charge in [0.15, 0.2) is 5.13 Å². The van der Waals surface area contributed by atoms with Gasteiger partial charge in [-0.05, 0) is 42.9 Å². The fourth-order valence-corrected chi connectivity index (χ4v) is 3.00. The first-order chi connectivity index (χ1) is 8.47. The molecule has 2 nitrogen and oxygen atoms in total. The lowest BCUT2D eigenvalue weighted by Crippen LogP contribution is -1.98. The van der Waals surface area contributed by atoms with Crippen LogP contribution in [0.2, 0.25) is 0 Å². The van der Waals surface area contributed by atoms with Gasteiger partial charge in [-0.15, -0.1) is 11.3 Å². The van der Waals surface area contributed by atoms with Gasteiger partial charge in [0.25, 0.3) is 0 Å². The lowest BCUT2D eigenvalue weighted by molar-refractivity contribution is 0.647. The van der Waals surface area contributed by atoms with E-state index in [1.165, 1.54) is 33.6 Å². The number of hydrogen-bond donors (Lipinski definition) is 1. The Morgan fingerprint density at radius 2 is 1.83 bits per heavy atom. The van der Waals surface area contributed by atoms with E-state index >= 15 is 0 Å². The molecule has 96 valence electrons. The number of nitrogen functional groups attached to an aromatic ring is 1. The monoisotopic (exact) mass is 260 g/mol. The third-order valence-electron chi connectivity index (χ3n) is 3.01. The van der Waals surface area contributed by atoms with Crippen LogP contribution in [-0.4, -0.2) is 4.98 Å². The largest absolute Gasteiger partial charge is 0.375 e. The molecule has 0 unspecified atom stereocenters. The Morgan fingerprint density at radius 3 is 2.28 bits per heavy atom. The maximum Gasteiger partial charge on any atom is 0.180 e. The molecule has 0 bridgehead atoms. The molecule has 0 saturated heterocycles. The van der Waals surface area contributed by atoms with Gasteiger partial charge in [-0.3, -0.25) is 0 Å². The van der Waals surface area contributed by atoms with Gasteiger partial charge in [-0.25, -0.2) is 4.98 Å². The van der Waals surface area contributed by atoms with Crippen LogP contribution in [0.1, 0.15) is 30.5 Å². The quantitative estimate of drug-likeness (QED) is 0.898. The Kier molecular flexibility index (Phi) is 3.71. The summed E-state index contributed by atoms with van der Waals surface area (Å²) in [6.07, 6.45) is 1.13. The number of aryl methyl sites for hydroxylation is 2. The number of aromatic nitrogens is 1. The van der Waals surface area contributed by atoms with Crippen molar-refractivity contribution in [3.8, 4) is 11.3 Å². The van der Waals surface area contributed by atoms with E-state index in [0.29, 0.717) is 11.0 Å². The highest BCUT2D eigenvalue weighted by Crippen LogP contribution is 2.30. The third kappa shape index (κ3) is 2.72. The zero-order valence-corrected chi connectivity index (χ0v) is 12.3. The molecule has 0 fully saturated rings. The molecule has 1 aromatic carbocycles. The minimum absolute atomic E-state index is 0.634. The van der Waals surface area contributed by atoms with E-state index in [-0.39, 0.29) is 0 Å². The SMILES string of the molecule is Cc1cc(CC(C)C)cc(C)c1-c1csc(N)n1. The Hall–Kier alpha value is -1.35. The number of benzene rings is 1. The van der Waals surface area contributed by atoms with Gasteiger partial charge in [-0.2, -0.15) is 0 Å². The first-order valence-corrected chi connectivity index (χ1v) is 7.17. The lowest BCUT2D eigenvalue weighted by Gasteiger charge is -2.12. The molecule has 0 aliphatic carbocycles. The molecule has 1 aromatic heterocycles. The first kappa shape index (κ1) is 13.1. The maximum atomic E-state index is 5.72. The van der Waals surface area contributed by atoms with Crippen molar-refractivity contribution >= 4 is 16.5 Å². The van der Waals surface area contributed by atoms with Crippen molar-refractivity contribution in [2.24, 2.45) is 5.92 Å². The molecule has 2 aromatic rings. The summed E-state index contributed by atoms with van der Waals surface area (Å²) in [5.74, 6) is 0.685. The second-order valence-corrected chi connectivity index (χ2v) is 6.16. The number of rotatable bonds is 3. The van der Waals surface area contributed by atoms with E-state index in [0.717, 1.165) is 12.1 Å². The predicted molar refractivity (Wildman–Crippen MR) is 80.0 cm³/mol. The molecule has 0 atom stereocenters. The predicted octanol–water partition coefficient (Wildman–Crippen LogP) is 4.21. The summed E-state index contributed by atoms with van der Waals surface area (Å²) in [5.41, 5.74) is 11.9. The van der Waals surface area contributed by atoms with Crippen LogP contribution in [0.4, 0.5) is 5.13 Å². The Balaban J connectivity index is 2.44. The summed E-state index contributed by atoms with van der Waals surface area (Å²) in [6, 6.07) is 4.55. The summed E-state index contributed by atoms with van der Waals surface area (Å²) in [5, 5.41) is 2.67. The van der Waals surface area contributed by atoms with Crippen LogP contribution in [0, 0.1) is 19.8 Å². The average molecular weight is 260 g/mol. The van der Waals surface area contributed by atoms with E-state index in [1.54, 1.807) is 0 Å². The van der Waals surface area contributed by atoms with Crippen LogP contribution in [0.3, 0.4) is 0 Å². The Labute approximate surface area is 113 Å². The fraction of sp³-hybridized carbons (Fsp3) is 0.400. The minimum atomic E-state index is 0.634. The molecule has 3 heteroatoms. The molecule has 0 amide bonds. The van der Waals surface area contributed by atoms with Gasteiger partial charge in [0, 0.05) is 10.9 Å². The number of anilines is 1. The Bertz CT molecular complexity index is 532. The van der Waals surface area contributed by atoms with E-state index in [4.69, 9.17) is 5.73 Å². The number of nitrogens with two attached hydrogens (primary N) is 1. The smallest absolute Gasteiger partial charge is 0.180 e. The molecule has 0 saturated carbocycles. The number of hydrogen-bond acceptors (Lipinski definition) is 3. The normalized spacial score (nSPS) is 11.2. The van der Waals surface area contributed by atoms with Gasteiger partial charge >= 0.3 is 0 Å². The van der Waals surface area contributed by atoms with Crippen LogP contribution >= 0.6 is 11.3 Å². The van der Waals surface area contributed by atoms with Gasteiger partial charge in [0.1, 0.15) is 0 Å². The van der Waals surface area contributed by atoms with Crippen LogP contribution < -0.4 is 5.73 Å². The van der Waals surface area contributed by atoms with Gasteiger partial charge in [-0.1, -0.05) is 26.0 Å². The highest BCUT2D eigenvalue weighted by molar-refractivity contribution is 7.13. The van der Waals surface area contributed by atoms with Crippen molar-refractivity contribution in [3.05, 3.63) is 34.2 Å². The lowest BCUT2D eigenvalue weighted by atomic mass is 9.94. The second kappa shape index (κ2) is 5.11. The van der Waals surface area contributed by atoms with Crippen molar-refractivity contribution in [2.75, 3.05) is 5.73 Å². The summed E-state index contributed by atoms with van der Waals surface area (Å²) >= 11 is 1.50. The van der Waals surface area contributed by atoms with Crippen LogP contribution in [0.15, 0.2) is 17.5 Å². The van der Waals surface area contributed by atoms with Gasteiger partial charge in [0.2, 0.25) is 0 Å². The van der Waals surface area contributed by atoms with Gasteiger partial charge < -0.3 is 5.73 Å². The van der Waals surface area contributed by atoms with E-state index in [1.807, 2.05) is 5.38 Å². The number of nitrogens with zero attached hydrogens (tertiary/aromatic N) is 1. The van der Waals surface area contributed by atoms with E-state index < -0.39 is 0 Å². The fourth-order valence-electron chi connectivity index (χ4n) is 2.45. The van der Waals surface area contributed by atoms with Crippen molar-refractivity contribution in [1.29, 1.82) is 0 Å². The molecule has 0 aliphatic rings. The van der Waals surface area contributed by atoms with Crippen LogP contribution in [0.5, 0.6) is 0 Å². The molecule has 2 N–H and O–H groups in total. The standard InChI is InChI=1S/C15H20N2S/c1-9(2)5-12-6-10(3)14(11(4)7-12)13-8-18-15(16)17-13/h6-9H,5H2,1-4H3,(H2,16,17). The molecular formula is C15H20N2S. The van der Waals surface area contributed by atoms with Crippen molar-refractivity contribution in [2.45, 2.75) is 34.1 Å². The molecule has 0 aliphatic heterocycles.